The lowest BCUT2D eigenvalue weighted by atomic mass is 10.1. The van der Waals surface area contributed by atoms with Crippen LogP contribution in [0.1, 0.15) is 23.2 Å². The number of piperidine rings is 1. The van der Waals surface area contributed by atoms with E-state index in [-0.39, 0.29) is 29.4 Å². The predicted molar refractivity (Wildman–Crippen MR) is 78.3 cm³/mol. The highest BCUT2D eigenvalue weighted by Crippen LogP contribution is 2.30. The second-order valence-electron chi connectivity index (χ2n) is 4.92. The Bertz CT molecular complexity index is 687. The van der Waals surface area contributed by atoms with Crippen molar-refractivity contribution in [1.82, 2.24) is 4.31 Å². The molecule has 0 unspecified atom stereocenters. The van der Waals surface area contributed by atoms with E-state index in [1.54, 1.807) is 0 Å². The highest BCUT2D eigenvalue weighted by atomic mass is 35.5. The number of anilines is 1. The van der Waals surface area contributed by atoms with Crippen molar-refractivity contribution < 1.29 is 22.0 Å². The molecule has 0 aromatic heterocycles. The molecule has 1 aliphatic heterocycles. The number of nitrogens with two attached hydrogens (primary N) is 1. The van der Waals surface area contributed by atoms with Gasteiger partial charge in [-0.2, -0.15) is 12.7 Å². The van der Waals surface area contributed by atoms with E-state index in [4.69, 9.17) is 17.3 Å². The van der Waals surface area contributed by atoms with Gasteiger partial charge in [-0.05, 0) is 18.2 Å². The van der Waals surface area contributed by atoms with Crippen LogP contribution in [0.2, 0.25) is 5.02 Å². The molecule has 1 saturated heterocycles. The first kappa shape index (κ1) is 16.9. The molecule has 0 aliphatic carbocycles. The third-order valence-electron chi connectivity index (χ3n) is 3.28. The second kappa shape index (κ2) is 5.98. The lowest BCUT2D eigenvalue weighted by Gasteiger charge is -2.31. The van der Waals surface area contributed by atoms with E-state index in [9.17, 15) is 22.0 Å². The maximum Gasteiger partial charge on any atom is 0.301 e. The molecule has 1 amide bonds. The van der Waals surface area contributed by atoms with E-state index in [1.165, 1.54) is 18.2 Å². The summed E-state index contributed by atoms with van der Waals surface area (Å²) in [5, 5.41) is 0.217. The van der Waals surface area contributed by atoms with Gasteiger partial charge in [0.2, 0.25) is 0 Å². The third-order valence-corrected chi connectivity index (χ3v) is 5.04. The Labute approximate surface area is 131 Å². The summed E-state index contributed by atoms with van der Waals surface area (Å²) in [6.07, 6.45) is -1.09. The maximum atomic E-state index is 13.1. The summed E-state index contributed by atoms with van der Waals surface area (Å²) in [6, 6.07) is 3.90. The Balaban J connectivity index is 2.21. The molecule has 0 bridgehead atoms. The number of nitrogens with zero attached hydrogens (tertiary/aromatic N) is 1. The molecule has 6 nitrogen and oxygen atoms in total. The molecule has 1 aromatic rings. The first-order valence-corrected chi connectivity index (χ1v) is 8.18. The molecule has 22 heavy (non-hydrogen) atoms. The molecule has 1 heterocycles. The van der Waals surface area contributed by atoms with E-state index >= 15 is 0 Å². The molecule has 0 saturated carbocycles. The summed E-state index contributed by atoms with van der Waals surface area (Å²) < 4.78 is 53.7. The number of benzene rings is 1. The number of halogens is 3. The van der Waals surface area contributed by atoms with Crippen LogP contribution in [0.15, 0.2) is 18.2 Å². The Morgan fingerprint density at radius 2 is 1.91 bits per heavy atom. The SMILES string of the molecule is NC(=O)c1cc(Cl)ccc1NS(=O)(=O)N1CCC(F)(F)CC1. The van der Waals surface area contributed by atoms with Gasteiger partial charge in [0.05, 0.1) is 11.3 Å². The molecule has 3 N–H and O–H groups in total. The first-order chi connectivity index (χ1) is 10.1. The van der Waals surface area contributed by atoms with Crippen molar-refractivity contribution in [3.05, 3.63) is 28.8 Å². The average Bonchev–Trinajstić information content (AvgIpc) is 2.40. The largest absolute Gasteiger partial charge is 0.366 e. The average molecular weight is 354 g/mol. The van der Waals surface area contributed by atoms with Gasteiger partial charge in [-0.1, -0.05) is 11.6 Å². The van der Waals surface area contributed by atoms with E-state index in [0.29, 0.717) is 0 Å². The summed E-state index contributed by atoms with van der Waals surface area (Å²) in [4.78, 5) is 11.3. The standard InChI is InChI=1S/C12H14ClF2N3O3S/c13-8-1-2-10(9(7-8)11(16)19)17-22(20,21)18-5-3-12(14,15)4-6-18/h1-2,7,17H,3-6H2,(H2,16,19). The highest BCUT2D eigenvalue weighted by Gasteiger charge is 2.38. The molecule has 1 aromatic carbocycles. The Morgan fingerprint density at radius 1 is 1.32 bits per heavy atom. The summed E-state index contributed by atoms with van der Waals surface area (Å²) >= 11 is 5.73. The Hall–Kier alpha value is -1.45. The van der Waals surface area contributed by atoms with Crippen LogP contribution in [-0.4, -0.2) is 37.6 Å². The quantitative estimate of drug-likeness (QED) is 0.864. The highest BCUT2D eigenvalue weighted by molar-refractivity contribution is 7.90. The van der Waals surface area contributed by atoms with Crippen LogP contribution in [0, 0.1) is 0 Å². The molecular formula is C12H14ClF2N3O3S. The van der Waals surface area contributed by atoms with Gasteiger partial charge in [0.25, 0.3) is 11.8 Å². The van der Waals surface area contributed by atoms with Crippen LogP contribution in [-0.2, 0) is 10.2 Å². The molecule has 0 atom stereocenters. The fourth-order valence-electron chi connectivity index (χ4n) is 2.07. The molecule has 1 aliphatic rings. The first-order valence-electron chi connectivity index (χ1n) is 6.36. The Morgan fingerprint density at radius 3 is 2.45 bits per heavy atom. The monoisotopic (exact) mass is 353 g/mol. The minimum Gasteiger partial charge on any atom is -0.366 e. The van der Waals surface area contributed by atoms with Crippen molar-refractivity contribution in [3.8, 4) is 0 Å². The molecular weight excluding hydrogens is 340 g/mol. The fraction of sp³-hybridized carbons (Fsp3) is 0.417. The number of hydrogen-bond donors (Lipinski definition) is 2. The van der Waals surface area contributed by atoms with Crippen LogP contribution in [0.4, 0.5) is 14.5 Å². The molecule has 2 rings (SSSR count). The van der Waals surface area contributed by atoms with Crippen molar-refractivity contribution in [1.29, 1.82) is 0 Å². The molecule has 0 spiro atoms. The van der Waals surface area contributed by atoms with Gasteiger partial charge in [-0.25, -0.2) is 8.78 Å². The Kier molecular flexibility index (Phi) is 4.59. The predicted octanol–water partition coefficient (Wildman–Crippen LogP) is 1.83. The van der Waals surface area contributed by atoms with Crippen LogP contribution in [0.25, 0.3) is 0 Å². The lowest BCUT2D eigenvalue weighted by Crippen LogP contribution is -2.45. The third kappa shape index (κ3) is 3.84. The van der Waals surface area contributed by atoms with Gasteiger partial charge < -0.3 is 5.73 Å². The minimum absolute atomic E-state index is 0.0470. The zero-order valence-electron chi connectivity index (χ0n) is 11.4. The van der Waals surface area contributed by atoms with Crippen molar-refractivity contribution in [3.63, 3.8) is 0 Å². The van der Waals surface area contributed by atoms with Crippen molar-refractivity contribution in [2.24, 2.45) is 5.73 Å². The summed E-state index contributed by atoms with van der Waals surface area (Å²) in [7, 11) is -4.06. The van der Waals surface area contributed by atoms with Crippen molar-refractivity contribution in [2.75, 3.05) is 17.8 Å². The van der Waals surface area contributed by atoms with Crippen molar-refractivity contribution in [2.45, 2.75) is 18.8 Å². The smallest absolute Gasteiger partial charge is 0.301 e. The summed E-state index contributed by atoms with van der Waals surface area (Å²) in [5.74, 6) is -3.71. The number of carbonyl (C=O) groups is 1. The van der Waals surface area contributed by atoms with E-state index in [0.717, 1.165) is 4.31 Å². The summed E-state index contributed by atoms with van der Waals surface area (Å²) in [5.41, 5.74) is 5.03. The van der Waals surface area contributed by atoms with Crippen LogP contribution in [0.5, 0.6) is 0 Å². The van der Waals surface area contributed by atoms with Crippen LogP contribution < -0.4 is 10.5 Å². The topological polar surface area (TPSA) is 92.5 Å². The van der Waals surface area contributed by atoms with Crippen molar-refractivity contribution >= 4 is 33.4 Å². The van der Waals surface area contributed by atoms with E-state index < -0.39 is 34.9 Å². The number of nitrogens with one attached hydrogen (secondary N) is 1. The molecule has 10 heteroatoms. The zero-order chi connectivity index (χ0) is 16.5. The van der Waals surface area contributed by atoms with Crippen LogP contribution >= 0.6 is 11.6 Å². The molecule has 122 valence electrons. The van der Waals surface area contributed by atoms with E-state index in [2.05, 4.69) is 4.72 Å². The maximum absolute atomic E-state index is 13.1. The number of carbonyl (C=O) groups excluding carboxylic acids is 1. The fourth-order valence-corrected chi connectivity index (χ4v) is 3.49. The lowest BCUT2D eigenvalue weighted by molar-refractivity contribution is -0.0411. The summed E-state index contributed by atoms with van der Waals surface area (Å²) in [6.45, 7) is -0.607. The molecule has 0 radical (unpaired) electrons. The van der Waals surface area contributed by atoms with E-state index in [1.807, 2.05) is 0 Å². The van der Waals surface area contributed by atoms with Gasteiger partial charge in [0.1, 0.15) is 0 Å². The van der Waals surface area contributed by atoms with Gasteiger partial charge >= 0.3 is 10.2 Å². The number of hydrogen-bond acceptors (Lipinski definition) is 3. The number of alkyl halides is 2. The molecule has 1 fully saturated rings. The van der Waals surface area contributed by atoms with Crippen LogP contribution in [0.3, 0.4) is 0 Å². The van der Waals surface area contributed by atoms with Gasteiger partial charge in [-0.3, -0.25) is 9.52 Å². The van der Waals surface area contributed by atoms with Gasteiger partial charge in [-0.15, -0.1) is 0 Å². The van der Waals surface area contributed by atoms with Gasteiger partial charge in [0.15, 0.2) is 0 Å². The second-order valence-corrected chi connectivity index (χ2v) is 7.02. The number of amides is 1. The van der Waals surface area contributed by atoms with Gasteiger partial charge in [0, 0.05) is 31.0 Å². The zero-order valence-corrected chi connectivity index (χ0v) is 12.9. The normalized spacial score (nSPS) is 18.9. The number of primary amides is 1. The minimum atomic E-state index is -4.06. The number of rotatable bonds is 4.